The minimum atomic E-state index is -0.732. The van der Waals surface area contributed by atoms with E-state index in [0.29, 0.717) is 0 Å². The first-order chi connectivity index (χ1) is 9.66. The zero-order valence-corrected chi connectivity index (χ0v) is 13.5. The summed E-state index contributed by atoms with van der Waals surface area (Å²) in [6.07, 6.45) is 2.69. The van der Waals surface area contributed by atoms with E-state index in [2.05, 4.69) is 27.8 Å². The van der Waals surface area contributed by atoms with Crippen LogP contribution in [0.3, 0.4) is 0 Å². The molecule has 2 rings (SSSR count). The standard InChI is InChI=1S/C15H20N2OS2/c1-12(20(2)18)8-9-16-10-15-17-14(11-19-15)13-6-4-3-5-7-13/h3-7,11-12,16H,8-10H2,1-2H3. The molecule has 1 aromatic carbocycles. The fourth-order valence-electron chi connectivity index (χ4n) is 1.80. The highest BCUT2D eigenvalue weighted by Crippen LogP contribution is 2.21. The molecule has 0 fully saturated rings. The molecule has 0 saturated heterocycles. The van der Waals surface area contributed by atoms with Gasteiger partial charge in [-0.25, -0.2) is 4.98 Å². The molecule has 0 radical (unpaired) electrons. The van der Waals surface area contributed by atoms with Crippen molar-refractivity contribution < 1.29 is 4.21 Å². The second-order valence-corrected chi connectivity index (χ2v) is 7.51. The van der Waals surface area contributed by atoms with Gasteiger partial charge in [-0.05, 0) is 13.0 Å². The van der Waals surface area contributed by atoms with Gasteiger partial charge in [0, 0.05) is 39.8 Å². The highest BCUT2D eigenvalue weighted by atomic mass is 32.2. The summed E-state index contributed by atoms with van der Waals surface area (Å²) in [5.74, 6) is 0. The molecule has 0 saturated carbocycles. The molecule has 1 aromatic heterocycles. The van der Waals surface area contributed by atoms with Crippen LogP contribution in [0.5, 0.6) is 0 Å². The van der Waals surface area contributed by atoms with E-state index in [1.807, 2.05) is 25.1 Å². The van der Waals surface area contributed by atoms with Gasteiger partial charge in [-0.3, -0.25) is 4.21 Å². The summed E-state index contributed by atoms with van der Waals surface area (Å²) in [6, 6.07) is 10.2. The van der Waals surface area contributed by atoms with Crippen molar-refractivity contribution >= 4 is 22.1 Å². The number of aromatic nitrogens is 1. The van der Waals surface area contributed by atoms with Crippen LogP contribution in [0.4, 0.5) is 0 Å². The summed E-state index contributed by atoms with van der Waals surface area (Å²) < 4.78 is 11.2. The van der Waals surface area contributed by atoms with E-state index < -0.39 is 10.8 Å². The number of nitrogens with zero attached hydrogens (tertiary/aromatic N) is 1. The predicted octanol–water partition coefficient (Wildman–Crippen LogP) is 3.06. The molecule has 0 aliphatic heterocycles. The van der Waals surface area contributed by atoms with Gasteiger partial charge in [0.25, 0.3) is 0 Å². The Kier molecular flexibility index (Phi) is 5.88. The molecule has 0 amide bonds. The predicted molar refractivity (Wildman–Crippen MR) is 87.4 cm³/mol. The average molecular weight is 308 g/mol. The number of hydrogen-bond acceptors (Lipinski definition) is 4. The normalized spacial score (nSPS) is 14.1. The molecular weight excluding hydrogens is 288 g/mol. The lowest BCUT2D eigenvalue weighted by Crippen LogP contribution is -2.20. The van der Waals surface area contributed by atoms with Crippen LogP contribution in [0.25, 0.3) is 11.3 Å². The van der Waals surface area contributed by atoms with Crippen molar-refractivity contribution in [2.75, 3.05) is 12.8 Å². The van der Waals surface area contributed by atoms with Gasteiger partial charge in [0.05, 0.1) is 5.69 Å². The number of hydrogen-bond donors (Lipinski definition) is 1. The summed E-state index contributed by atoms with van der Waals surface area (Å²) in [6.45, 7) is 3.68. The van der Waals surface area contributed by atoms with Crippen molar-refractivity contribution in [1.82, 2.24) is 10.3 Å². The van der Waals surface area contributed by atoms with E-state index in [-0.39, 0.29) is 5.25 Å². The summed E-state index contributed by atoms with van der Waals surface area (Å²) in [4.78, 5) is 4.63. The lowest BCUT2D eigenvalue weighted by atomic mass is 10.2. The Morgan fingerprint density at radius 3 is 2.80 bits per heavy atom. The van der Waals surface area contributed by atoms with E-state index in [9.17, 15) is 4.21 Å². The Balaban J connectivity index is 1.81. The van der Waals surface area contributed by atoms with Crippen LogP contribution >= 0.6 is 11.3 Å². The van der Waals surface area contributed by atoms with Crippen LogP contribution in [0.1, 0.15) is 18.4 Å². The molecule has 108 valence electrons. The molecule has 1 heterocycles. The van der Waals surface area contributed by atoms with Crippen molar-refractivity contribution in [3.63, 3.8) is 0 Å². The van der Waals surface area contributed by atoms with Crippen molar-refractivity contribution in [1.29, 1.82) is 0 Å². The molecule has 20 heavy (non-hydrogen) atoms. The van der Waals surface area contributed by atoms with Gasteiger partial charge in [-0.15, -0.1) is 11.3 Å². The first-order valence-corrected chi connectivity index (χ1v) is 9.19. The summed E-state index contributed by atoms with van der Waals surface area (Å²) in [5.41, 5.74) is 2.19. The fourth-order valence-corrected chi connectivity index (χ4v) is 3.02. The van der Waals surface area contributed by atoms with Gasteiger partial charge in [-0.1, -0.05) is 37.3 Å². The number of nitrogens with one attached hydrogen (secondary N) is 1. The Hall–Kier alpha value is -1.04. The van der Waals surface area contributed by atoms with Crippen LogP contribution in [-0.4, -0.2) is 27.2 Å². The second kappa shape index (κ2) is 7.67. The average Bonchev–Trinajstić information content (AvgIpc) is 2.93. The van der Waals surface area contributed by atoms with Crippen LogP contribution in [0.15, 0.2) is 35.7 Å². The molecule has 0 spiro atoms. The van der Waals surface area contributed by atoms with Gasteiger partial charge in [0.15, 0.2) is 0 Å². The van der Waals surface area contributed by atoms with Crippen LogP contribution in [-0.2, 0) is 17.3 Å². The highest BCUT2D eigenvalue weighted by molar-refractivity contribution is 7.84. The summed E-state index contributed by atoms with van der Waals surface area (Å²) in [5, 5.41) is 6.80. The monoisotopic (exact) mass is 308 g/mol. The lowest BCUT2D eigenvalue weighted by Gasteiger charge is -2.07. The maximum atomic E-state index is 11.2. The zero-order valence-electron chi connectivity index (χ0n) is 11.8. The maximum absolute atomic E-state index is 11.2. The van der Waals surface area contributed by atoms with Gasteiger partial charge in [0.1, 0.15) is 5.01 Å². The lowest BCUT2D eigenvalue weighted by molar-refractivity contribution is 0.628. The Labute approximate surface area is 126 Å². The largest absolute Gasteiger partial charge is 0.310 e. The van der Waals surface area contributed by atoms with Crippen LogP contribution in [0.2, 0.25) is 0 Å². The van der Waals surface area contributed by atoms with Crippen LogP contribution in [0, 0.1) is 0 Å². The van der Waals surface area contributed by atoms with Crippen LogP contribution < -0.4 is 5.32 Å². The van der Waals surface area contributed by atoms with Crippen molar-refractivity contribution in [2.24, 2.45) is 0 Å². The van der Waals surface area contributed by atoms with Crippen molar-refractivity contribution in [3.05, 3.63) is 40.7 Å². The third-order valence-corrected chi connectivity index (χ3v) is 5.41. The summed E-state index contributed by atoms with van der Waals surface area (Å²) >= 11 is 1.68. The second-order valence-electron chi connectivity index (χ2n) is 4.77. The molecular formula is C15H20N2OS2. The molecule has 0 aliphatic rings. The van der Waals surface area contributed by atoms with Crippen molar-refractivity contribution in [3.8, 4) is 11.3 Å². The van der Waals surface area contributed by atoms with Crippen molar-refractivity contribution in [2.45, 2.75) is 25.1 Å². The highest BCUT2D eigenvalue weighted by Gasteiger charge is 2.06. The number of thiazole rings is 1. The van der Waals surface area contributed by atoms with Gasteiger partial charge < -0.3 is 5.32 Å². The van der Waals surface area contributed by atoms with E-state index >= 15 is 0 Å². The van der Waals surface area contributed by atoms with E-state index in [4.69, 9.17) is 0 Å². The molecule has 2 atom stereocenters. The molecule has 2 unspecified atom stereocenters. The molecule has 3 nitrogen and oxygen atoms in total. The minimum Gasteiger partial charge on any atom is -0.310 e. The smallest absolute Gasteiger partial charge is 0.107 e. The zero-order chi connectivity index (χ0) is 14.4. The first-order valence-electron chi connectivity index (χ1n) is 6.69. The third-order valence-electron chi connectivity index (χ3n) is 3.19. The number of rotatable bonds is 7. The molecule has 5 heteroatoms. The van der Waals surface area contributed by atoms with Gasteiger partial charge in [0.2, 0.25) is 0 Å². The van der Waals surface area contributed by atoms with Gasteiger partial charge in [-0.2, -0.15) is 0 Å². The van der Waals surface area contributed by atoms with E-state index in [1.54, 1.807) is 17.6 Å². The topological polar surface area (TPSA) is 42.0 Å². The molecule has 0 bridgehead atoms. The first kappa shape index (κ1) is 15.4. The van der Waals surface area contributed by atoms with Gasteiger partial charge >= 0.3 is 0 Å². The SMILES string of the molecule is CC(CCNCc1nc(-c2ccccc2)cs1)S(C)=O. The Morgan fingerprint density at radius 2 is 2.10 bits per heavy atom. The number of benzene rings is 1. The quantitative estimate of drug-likeness (QED) is 0.799. The summed E-state index contributed by atoms with van der Waals surface area (Å²) in [7, 11) is -0.732. The minimum absolute atomic E-state index is 0.249. The fraction of sp³-hybridized carbons (Fsp3) is 0.400. The molecule has 2 aromatic rings. The maximum Gasteiger partial charge on any atom is 0.107 e. The Bertz CT molecular complexity index is 554. The molecule has 0 aliphatic carbocycles. The van der Waals surface area contributed by atoms with E-state index in [0.717, 1.165) is 35.8 Å². The third kappa shape index (κ3) is 4.51. The molecule has 1 N–H and O–H groups in total. The van der Waals surface area contributed by atoms with E-state index in [1.165, 1.54) is 0 Å². The Morgan fingerprint density at radius 1 is 1.35 bits per heavy atom.